The summed E-state index contributed by atoms with van der Waals surface area (Å²) in [5.41, 5.74) is 1.36. The van der Waals surface area contributed by atoms with Crippen LogP contribution in [0.5, 0.6) is 0 Å². The number of nitro benzene ring substituents is 1. The number of anilines is 1. The molecule has 8 heteroatoms. The van der Waals surface area contributed by atoms with E-state index in [1.165, 1.54) is 41.7 Å². The first-order valence-corrected chi connectivity index (χ1v) is 7.77. The van der Waals surface area contributed by atoms with E-state index in [0.29, 0.717) is 5.69 Å². The lowest BCUT2D eigenvalue weighted by Crippen LogP contribution is -2.20. The maximum absolute atomic E-state index is 11.7. The minimum absolute atomic E-state index is 0.0755. The van der Waals surface area contributed by atoms with E-state index in [4.69, 9.17) is 4.74 Å². The van der Waals surface area contributed by atoms with E-state index in [-0.39, 0.29) is 5.69 Å². The summed E-state index contributed by atoms with van der Waals surface area (Å²) in [4.78, 5) is 34.2. The predicted octanol–water partition coefficient (Wildman–Crippen LogP) is 3.16. The van der Waals surface area contributed by atoms with E-state index in [0.717, 1.165) is 10.4 Å². The third-order valence-corrected chi connectivity index (χ3v) is 3.96. The molecule has 1 heterocycles. The van der Waals surface area contributed by atoms with Gasteiger partial charge in [0.1, 0.15) is 0 Å². The normalized spacial score (nSPS) is 10.5. The molecule has 0 spiro atoms. The molecule has 0 bridgehead atoms. The summed E-state index contributed by atoms with van der Waals surface area (Å²) >= 11 is 1.50. The average Bonchev–Trinajstić information content (AvgIpc) is 2.96. The van der Waals surface area contributed by atoms with Crippen LogP contribution in [0, 0.1) is 17.0 Å². The van der Waals surface area contributed by atoms with Gasteiger partial charge in [-0.1, -0.05) is 0 Å². The van der Waals surface area contributed by atoms with Crippen LogP contribution >= 0.6 is 11.3 Å². The Morgan fingerprint density at radius 1 is 1.29 bits per heavy atom. The van der Waals surface area contributed by atoms with Gasteiger partial charge in [-0.2, -0.15) is 0 Å². The smallest absolute Gasteiger partial charge is 0.331 e. The first kappa shape index (κ1) is 17.4. The third kappa shape index (κ3) is 5.03. The fourth-order valence-corrected chi connectivity index (χ4v) is 2.57. The van der Waals surface area contributed by atoms with Gasteiger partial charge in [0, 0.05) is 28.8 Å². The number of nitrogens with zero attached hydrogens (tertiary/aromatic N) is 1. The number of aryl methyl sites for hydroxylation is 1. The minimum Gasteiger partial charge on any atom is -0.452 e. The Morgan fingerprint density at radius 3 is 2.58 bits per heavy atom. The molecule has 0 saturated carbocycles. The van der Waals surface area contributed by atoms with Crippen molar-refractivity contribution in [1.29, 1.82) is 0 Å². The fourth-order valence-electron chi connectivity index (χ4n) is 1.75. The summed E-state index contributed by atoms with van der Waals surface area (Å²) in [6, 6.07) is 7.28. The number of hydrogen-bond donors (Lipinski definition) is 1. The highest BCUT2D eigenvalue weighted by atomic mass is 32.1. The molecule has 24 heavy (non-hydrogen) atoms. The van der Waals surface area contributed by atoms with Crippen molar-refractivity contribution in [1.82, 2.24) is 0 Å². The highest BCUT2D eigenvalue weighted by Crippen LogP contribution is 2.17. The van der Waals surface area contributed by atoms with Gasteiger partial charge in [0.25, 0.3) is 11.6 Å². The molecule has 0 aliphatic heterocycles. The van der Waals surface area contributed by atoms with Crippen molar-refractivity contribution in [2.75, 3.05) is 11.9 Å². The van der Waals surface area contributed by atoms with Gasteiger partial charge in [-0.05, 0) is 42.1 Å². The molecule has 0 saturated heterocycles. The van der Waals surface area contributed by atoms with Gasteiger partial charge in [-0.3, -0.25) is 14.9 Å². The van der Waals surface area contributed by atoms with E-state index < -0.39 is 23.4 Å². The number of nitrogens with one attached hydrogen (secondary N) is 1. The predicted molar refractivity (Wildman–Crippen MR) is 90.8 cm³/mol. The molecule has 0 fully saturated rings. The number of benzene rings is 1. The SMILES string of the molecule is Cc1ccsc1/C=C/C(=O)OCC(=O)Nc1ccc([N+](=O)[O-])cc1. The number of thiophene rings is 1. The number of esters is 1. The number of carbonyl (C=O) groups is 2. The average molecular weight is 346 g/mol. The van der Waals surface area contributed by atoms with Gasteiger partial charge in [0.2, 0.25) is 0 Å². The van der Waals surface area contributed by atoms with Gasteiger partial charge in [-0.15, -0.1) is 11.3 Å². The lowest BCUT2D eigenvalue weighted by atomic mass is 10.3. The molecule has 1 aromatic carbocycles. The second-order valence-corrected chi connectivity index (χ2v) is 5.71. The Bertz CT molecular complexity index is 780. The van der Waals surface area contributed by atoms with Crippen LogP contribution < -0.4 is 5.32 Å². The molecule has 0 atom stereocenters. The Hall–Kier alpha value is -3.00. The van der Waals surface area contributed by atoms with Crippen molar-refractivity contribution in [2.24, 2.45) is 0 Å². The van der Waals surface area contributed by atoms with Crippen LogP contribution in [0.25, 0.3) is 6.08 Å². The number of non-ortho nitro benzene ring substituents is 1. The monoisotopic (exact) mass is 346 g/mol. The molecule has 2 aromatic rings. The molecule has 1 N–H and O–H groups in total. The molecular weight excluding hydrogens is 332 g/mol. The zero-order valence-corrected chi connectivity index (χ0v) is 13.5. The molecule has 2 rings (SSSR count). The van der Waals surface area contributed by atoms with Crippen LogP contribution in [-0.4, -0.2) is 23.4 Å². The van der Waals surface area contributed by atoms with Crippen LogP contribution in [0.15, 0.2) is 41.8 Å². The number of nitro groups is 1. The van der Waals surface area contributed by atoms with Crippen LogP contribution in [0.4, 0.5) is 11.4 Å². The molecule has 124 valence electrons. The van der Waals surface area contributed by atoms with Crippen molar-refractivity contribution in [3.05, 3.63) is 62.3 Å². The van der Waals surface area contributed by atoms with Crippen molar-refractivity contribution in [3.8, 4) is 0 Å². The van der Waals surface area contributed by atoms with E-state index in [9.17, 15) is 19.7 Å². The highest BCUT2D eigenvalue weighted by molar-refractivity contribution is 7.11. The number of rotatable bonds is 6. The lowest BCUT2D eigenvalue weighted by Gasteiger charge is -2.05. The molecule has 0 radical (unpaired) electrons. The standard InChI is InChI=1S/C16H14N2O5S/c1-11-8-9-24-14(11)6-7-16(20)23-10-15(19)17-12-2-4-13(5-3-12)18(21)22/h2-9H,10H2,1H3,(H,17,19)/b7-6+. The summed E-state index contributed by atoms with van der Waals surface area (Å²) in [5, 5.41) is 14.9. The highest BCUT2D eigenvalue weighted by Gasteiger charge is 2.08. The summed E-state index contributed by atoms with van der Waals surface area (Å²) in [5.74, 6) is -1.15. The van der Waals surface area contributed by atoms with Gasteiger partial charge < -0.3 is 10.1 Å². The molecule has 0 aliphatic carbocycles. The topological polar surface area (TPSA) is 98.5 Å². The van der Waals surface area contributed by atoms with Gasteiger partial charge in [-0.25, -0.2) is 4.79 Å². The quantitative estimate of drug-likeness (QED) is 0.375. The van der Waals surface area contributed by atoms with E-state index in [1.54, 1.807) is 6.08 Å². The lowest BCUT2D eigenvalue weighted by molar-refractivity contribution is -0.384. The number of amides is 1. The minimum atomic E-state index is -0.623. The summed E-state index contributed by atoms with van der Waals surface area (Å²) in [6.07, 6.45) is 2.90. The van der Waals surface area contributed by atoms with Crippen LogP contribution in [0.3, 0.4) is 0 Å². The van der Waals surface area contributed by atoms with Crippen molar-refractivity contribution < 1.29 is 19.2 Å². The third-order valence-electron chi connectivity index (χ3n) is 2.98. The maximum atomic E-state index is 11.7. The van der Waals surface area contributed by atoms with E-state index >= 15 is 0 Å². The van der Waals surface area contributed by atoms with Crippen molar-refractivity contribution >= 4 is 40.7 Å². The van der Waals surface area contributed by atoms with Gasteiger partial charge in [0.05, 0.1) is 4.92 Å². The second-order valence-electron chi connectivity index (χ2n) is 4.76. The summed E-state index contributed by atoms with van der Waals surface area (Å²) < 4.78 is 4.83. The Morgan fingerprint density at radius 2 is 2.00 bits per heavy atom. The van der Waals surface area contributed by atoms with E-state index in [1.807, 2.05) is 18.4 Å². The first-order chi connectivity index (χ1) is 11.5. The summed E-state index contributed by atoms with van der Waals surface area (Å²) in [7, 11) is 0. The number of carbonyl (C=O) groups excluding carboxylic acids is 2. The second kappa shape index (κ2) is 8.02. The van der Waals surface area contributed by atoms with Crippen molar-refractivity contribution in [3.63, 3.8) is 0 Å². The maximum Gasteiger partial charge on any atom is 0.331 e. The van der Waals surface area contributed by atoms with Crippen LogP contribution in [-0.2, 0) is 14.3 Å². The molecule has 0 unspecified atom stereocenters. The van der Waals surface area contributed by atoms with Gasteiger partial charge >= 0.3 is 5.97 Å². The number of hydrogen-bond acceptors (Lipinski definition) is 6. The zero-order valence-electron chi connectivity index (χ0n) is 12.7. The van der Waals surface area contributed by atoms with Crippen molar-refractivity contribution in [2.45, 2.75) is 6.92 Å². The number of ether oxygens (including phenoxy) is 1. The molecule has 1 aromatic heterocycles. The summed E-state index contributed by atoms with van der Waals surface area (Å²) in [6.45, 7) is 1.49. The Labute approximate surface area is 141 Å². The molecule has 0 aliphatic rings. The molecular formula is C16H14N2O5S. The van der Waals surface area contributed by atoms with Crippen LogP contribution in [0.2, 0.25) is 0 Å². The Balaban J connectivity index is 1.80. The molecule has 1 amide bonds. The van der Waals surface area contributed by atoms with Crippen LogP contribution in [0.1, 0.15) is 10.4 Å². The van der Waals surface area contributed by atoms with Gasteiger partial charge in [0.15, 0.2) is 6.61 Å². The first-order valence-electron chi connectivity index (χ1n) is 6.89. The van der Waals surface area contributed by atoms with E-state index in [2.05, 4.69) is 5.32 Å². The fraction of sp³-hybridized carbons (Fsp3) is 0.125. The largest absolute Gasteiger partial charge is 0.452 e. The Kier molecular flexibility index (Phi) is 5.80. The zero-order chi connectivity index (χ0) is 17.5. The molecule has 7 nitrogen and oxygen atoms in total.